The number of rotatable bonds is 3. The fourth-order valence-electron chi connectivity index (χ4n) is 1.91. The number of hydrogen-bond acceptors (Lipinski definition) is 3. The van der Waals surface area contributed by atoms with Gasteiger partial charge in [0.2, 0.25) is 0 Å². The van der Waals surface area contributed by atoms with Crippen LogP contribution >= 0.6 is 0 Å². The third-order valence-corrected chi connectivity index (χ3v) is 2.88. The standard InChI is InChI=1S/C14H19N3O/c1-4-10-5-7-11(8-6-10)12-13(18)17-14(16-12)15-9(2)3/h5-9,12H,4H2,1-3H3,(H2,15,16,17,18). The molecule has 1 aromatic rings. The Balaban J connectivity index is 2.16. The molecule has 1 aliphatic rings. The molecule has 1 aliphatic heterocycles. The van der Waals surface area contributed by atoms with E-state index >= 15 is 0 Å². The summed E-state index contributed by atoms with van der Waals surface area (Å²) in [5.41, 5.74) is 2.20. The summed E-state index contributed by atoms with van der Waals surface area (Å²) in [6.45, 7) is 6.14. The highest BCUT2D eigenvalue weighted by atomic mass is 16.2. The Morgan fingerprint density at radius 3 is 2.56 bits per heavy atom. The van der Waals surface area contributed by atoms with Gasteiger partial charge in [-0.3, -0.25) is 10.1 Å². The maximum absolute atomic E-state index is 11.9. The van der Waals surface area contributed by atoms with Crippen molar-refractivity contribution in [3.05, 3.63) is 35.4 Å². The van der Waals surface area contributed by atoms with Crippen LogP contribution in [0.25, 0.3) is 0 Å². The van der Waals surface area contributed by atoms with E-state index in [2.05, 4.69) is 22.5 Å². The molecule has 18 heavy (non-hydrogen) atoms. The van der Waals surface area contributed by atoms with E-state index in [9.17, 15) is 4.79 Å². The first kappa shape index (κ1) is 12.6. The first-order valence-electron chi connectivity index (χ1n) is 6.34. The fraction of sp³-hybridized carbons (Fsp3) is 0.429. The molecule has 1 heterocycles. The van der Waals surface area contributed by atoms with Crippen LogP contribution in [0.4, 0.5) is 0 Å². The number of carbonyl (C=O) groups excluding carboxylic acids is 1. The molecule has 96 valence electrons. The number of carbonyl (C=O) groups is 1. The minimum atomic E-state index is -0.419. The molecule has 4 nitrogen and oxygen atoms in total. The molecule has 4 heteroatoms. The zero-order chi connectivity index (χ0) is 13.1. The van der Waals surface area contributed by atoms with E-state index < -0.39 is 6.04 Å². The summed E-state index contributed by atoms with van der Waals surface area (Å²) in [6, 6.07) is 7.88. The van der Waals surface area contributed by atoms with E-state index in [1.165, 1.54) is 5.56 Å². The molecule has 1 amide bonds. The van der Waals surface area contributed by atoms with Crippen LogP contribution in [0.3, 0.4) is 0 Å². The number of amides is 1. The average molecular weight is 245 g/mol. The zero-order valence-electron chi connectivity index (χ0n) is 11.0. The number of aliphatic imine (C=N–C) groups is 1. The van der Waals surface area contributed by atoms with E-state index in [0.29, 0.717) is 5.96 Å². The lowest BCUT2D eigenvalue weighted by Crippen LogP contribution is -2.40. The lowest BCUT2D eigenvalue weighted by atomic mass is 10.0. The molecule has 0 saturated carbocycles. The van der Waals surface area contributed by atoms with Crippen molar-refractivity contribution < 1.29 is 4.79 Å². The van der Waals surface area contributed by atoms with Gasteiger partial charge in [-0.15, -0.1) is 0 Å². The van der Waals surface area contributed by atoms with Gasteiger partial charge in [0.05, 0.1) is 0 Å². The third-order valence-electron chi connectivity index (χ3n) is 2.88. The van der Waals surface area contributed by atoms with E-state index in [4.69, 9.17) is 0 Å². The van der Waals surface area contributed by atoms with Gasteiger partial charge in [-0.05, 0) is 31.4 Å². The molecule has 1 atom stereocenters. The lowest BCUT2D eigenvalue weighted by molar-refractivity contribution is -0.120. The van der Waals surface area contributed by atoms with E-state index in [0.717, 1.165) is 12.0 Å². The summed E-state index contributed by atoms with van der Waals surface area (Å²) in [7, 11) is 0. The highest BCUT2D eigenvalue weighted by Gasteiger charge is 2.27. The maximum atomic E-state index is 11.9. The summed E-state index contributed by atoms with van der Waals surface area (Å²) in [6.07, 6.45) is 1.00. The summed E-state index contributed by atoms with van der Waals surface area (Å²) in [5, 5.41) is 5.87. The Labute approximate surface area is 108 Å². The third kappa shape index (κ3) is 2.70. The van der Waals surface area contributed by atoms with Gasteiger partial charge in [0.25, 0.3) is 5.91 Å². The van der Waals surface area contributed by atoms with E-state index in [1.54, 1.807) is 0 Å². The van der Waals surface area contributed by atoms with Crippen LogP contribution in [0.5, 0.6) is 0 Å². The lowest BCUT2D eigenvalue weighted by Gasteiger charge is -2.07. The van der Waals surface area contributed by atoms with Gasteiger partial charge in [0.1, 0.15) is 0 Å². The normalized spacial score (nSPS) is 18.8. The first-order chi connectivity index (χ1) is 8.60. The quantitative estimate of drug-likeness (QED) is 0.852. The van der Waals surface area contributed by atoms with Crippen molar-refractivity contribution >= 4 is 11.9 Å². The molecule has 0 aliphatic carbocycles. The Bertz CT molecular complexity index is 462. The van der Waals surface area contributed by atoms with Crippen molar-refractivity contribution in [3.8, 4) is 0 Å². The zero-order valence-corrected chi connectivity index (χ0v) is 11.0. The number of nitrogens with one attached hydrogen (secondary N) is 2. The van der Waals surface area contributed by atoms with Gasteiger partial charge in [0.15, 0.2) is 12.0 Å². The summed E-state index contributed by atoms with van der Waals surface area (Å²) in [4.78, 5) is 16.2. The number of benzene rings is 1. The largest absolute Gasteiger partial charge is 0.354 e. The minimum Gasteiger partial charge on any atom is -0.354 e. The SMILES string of the molecule is CCc1ccc(C2N=C(NC(C)C)NC2=O)cc1. The predicted molar refractivity (Wildman–Crippen MR) is 72.4 cm³/mol. The molecule has 2 N–H and O–H groups in total. The smallest absolute Gasteiger partial charge is 0.256 e. The van der Waals surface area contributed by atoms with Crippen LogP contribution in [-0.4, -0.2) is 17.9 Å². The van der Waals surface area contributed by atoms with Crippen molar-refractivity contribution in [3.63, 3.8) is 0 Å². The second-order valence-corrected chi connectivity index (χ2v) is 4.76. The van der Waals surface area contributed by atoms with Crippen molar-refractivity contribution in [2.24, 2.45) is 4.99 Å². The van der Waals surface area contributed by atoms with Crippen molar-refractivity contribution in [2.75, 3.05) is 0 Å². The van der Waals surface area contributed by atoms with Crippen LogP contribution < -0.4 is 10.6 Å². The first-order valence-corrected chi connectivity index (χ1v) is 6.34. The van der Waals surface area contributed by atoms with Crippen molar-refractivity contribution in [1.82, 2.24) is 10.6 Å². The van der Waals surface area contributed by atoms with Crippen LogP contribution in [0.15, 0.2) is 29.3 Å². The fourth-order valence-corrected chi connectivity index (χ4v) is 1.91. The Kier molecular flexibility index (Phi) is 3.65. The molecule has 1 aromatic carbocycles. The second-order valence-electron chi connectivity index (χ2n) is 4.76. The molecule has 1 unspecified atom stereocenters. The topological polar surface area (TPSA) is 53.5 Å². The molecule has 0 saturated heterocycles. The number of nitrogens with zero attached hydrogens (tertiary/aromatic N) is 1. The molecule has 0 bridgehead atoms. The molecule has 0 aromatic heterocycles. The van der Waals surface area contributed by atoms with Gasteiger partial charge >= 0.3 is 0 Å². The molecule has 0 spiro atoms. The van der Waals surface area contributed by atoms with Crippen molar-refractivity contribution in [2.45, 2.75) is 39.3 Å². The highest BCUT2D eigenvalue weighted by molar-refractivity contribution is 6.05. The van der Waals surface area contributed by atoms with Gasteiger partial charge in [-0.2, -0.15) is 0 Å². The molecule has 2 rings (SSSR count). The van der Waals surface area contributed by atoms with Crippen molar-refractivity contribution in [1.29, 1.82) is 0 Å². The number of guanidine groups is 1. The van der Waals surface area contributed by atoms with Gasteiger partial charge in [-0.1, -0.05) is 31.2 Å². The highest BCUT2D eigenvalue weighted by Crippen LogP contribution is 2.21. The Morgan fingerprint density at radius 2 is 2.00 bits per heavy atom. The van der Waals surface area contributed by atoms with Crippen LogP contribution in [0, 0.1) is 0 Å². The molecule has 0 fully saturated rings. The van der Waals surface area contributed by atoms with Gasteiger partial charge < -0.3 is 5.32 Å². The summed E-state index contributed by atoms with van der Waals surface area (Å²) in [5.74, 6) is 0.502. The number of hydrogen-bond donors (Lipinski definition) is 2. The second kappa shape index (κ2) is 5.21. The summed E-state index contributed by atoms with van der Waals surface area (Å²) >= 11 is 0. The van der Waals surface area contributed by atoms with Crippen LogP contribution in [-0.2, 0) is 11.2 Å². The Hall–Kier alpha value is -1.84. The average Bonchev–Trinajstić information content (AvgIpc) is 2.69. The van der Waals surface area contributed by atoms with Crippen LogP contribution in [0.2, 0.25) is 0 Å². The minimum absolute atomic E-state index is 0.0672. The summed E-state index contributed by atoms with van der Waals surface area (Å²) < 4.78 is 0. The van der Waals surface area contributed by atoms with Gasteiger partial charge in [-0.25, -0.2) is 4.99 Å². The molecule has 0 radical (unpaired) electrons. The Morgan fingerprint density at radius 1 is 1.33 bits per heavy atom. The van der Waals surface area contributed by atoms with Gasteiger partial charge in [0, 0.05) is 6.04 Å². The molecular weight excluding hydrogens is 226 g/mol. The maximum Gasteiger partial charge on any atom is 0.256 e. The molecular formula is C14H19N3O. The van der Waals surface area contributed by atoms with E-state index in [1.807, 2.05) is 38.1 Å². The van der Waals surface area contributed by atoms with E-state index in [-0.39, 0.29) is 11.9 Å². The monoisotopic (exact) mass is 245 g/mol. The predicted octanol–water partition coefficient (Wildman–Crippen LogP) is 1.77. The van der Waals surface area contributed by atoms with Crippen LogP contribution in [0.1, 0.15) is 37.9 Å². The number of aryl methyl sites for hydroxylation is 1.